The van der Waals surface area contributed by atoms with E-state index in [1.165, 1.54) is 6.42 Å². The molecule has 0 rings (SSSR count). The fraction of sp³-hybridized carbons (Fsp3) is 1.00. The molecule has 0 aliphatic rings. The van der Waals surface area contributed by atoms with Crippen LogP contribution in [-0.2, 0) is 0 Å². The van der Waals surface area contributed by atoms with Crippen molar-refractivity contribution in [3.05, 3.63) is 0 Å². The maximum Gasteiger partial charge on any atom is 0.00745 e. The van der Waals surface area contributed by atoms with Crippen molar-refractivity contribution in [2.75, 3.05) is 19.6 Å². The highest BCUT2D eigenvalue weighted by Crippen LogP contribution is 1.95. The second-order valence-electron chi connectivity index (χ2n) is 2.72. The van der Waals surface area contributed by atoms with Gasteiger partial charge in [-0.15, -0.1) is 0 Å². The number of nitrogens with one attached hydrogen (secondary N) is 1. The molecule has 0 aromatic heterocycles. The summed E-state index contributed by atoms with van der Waals surface area (Å²) in [6, 6.07) is 0. The molecule has 0 aromatic rings. The van der Waals surface area contributed by atoms with Gasteiger partial charge in [-0.3, -0.25) is 0 Å². The number of nitrogens with two attached hydrogens (primary N) is 1. The smallest absolute Gasteiger partial charge is 0.00745 e. The Hall–Kier alpha value is -0.0800. The number of rotatable bonds is 5. The molecule has 0 spiro atoms. The van der Waals surface area contributed by atoms with Crippen LogP contribution >= 0.6 is 0 Å². The van der Waals surface area contributed by atoms with E-state index in [9.17, 15) is 0 Å². The van der Waals surface area contributed by atoms with Gasteiger partial charge in [0.1, 0.15) is 0 Å². The van der Waals surface area contributed by atoms with Gasteiger partial charge in [0.05, 0.1) is 0 Å². The quantitative estimate of drug-likeness (QED) is 0.534. The highest BCUT2D eigenvalue weighted by Gasteiger charge is 1.90. The lowest BCUT2D eigenvalue weighted by molar-refractivity contribution is 0.541. The lowest BCUT2D eigenvalue weighted by Gasteiger charge is -2.04. The molecule has 9 heavy (non-hydrogen) atoms. The number of hydrogen-bond acceptors (Lipinski definition) is 2. The molecular weight excluding hydrogens is 112 g/mol. The first-order chi connectivity index (χ1) is 4.27. The number of hydrogen-bond donors (Lipinski definition) is 2. The molecule has 2 nitrogen and oxygen atoms in total. The lowest BCUT2D eigenvalue weighted by atomic mass is 10.1. The molecule has 0 saturated heterocycles. The maximum absolute atomic E-state index is 5.28. The van der Waals surface area contributed by atoms with E-state index >= 15 is 0 Å². The Kier molecular flexibility index (Phi) is 5.99. The average molecular weight is 130 g/mol. The summed E-state index contributed by atoms with van der Waals surface area (Å²) >= 11 is 0. The Morgan fingerprint density at radius 1 is 1.33 bits per heavy atom. The highest BCUT2D eigenvalue weighted by atomic mass is 14.9. The summed E-state index contributed by atoms with van der Waals surface area (Å²) in [5.74, 6) is 0.801. The van der Waals surface area contributed by atoms with Crippen LogP contribution < -0.4 is 11.1 Å². The van der Waals surface area contributed by atoms with Crippen LogP contribution in [0.2, 0.25) is 0 Å². The molecule has 3 N–H and O–H groups in total. The molecule has 0 fully saturated rings. The van der Waals surface area contributed by atoms with E-state index in [4.69, 9.17) is 5.73 Å². The first kappa shape index (κ1) is 8.92. The molecule has 0 heterocycles. The van der Waals surface area contributed by atoms with E-state index in [1.54, 1.807) is 0 Å². The van der Waals surface area contributed by atoms with Crippen LogP contribution in [0.25, 0.3) is 0 Å². The van der Waals surface area contributed by atoms with E-state index in [0.717, 1.165) is 25.6 Å². The fourth-order valence-electron chi connectivity index (χ4n) is 0.618. The Morgan fingerprint density at radius 2 is 2.00 bits per heavy atom. The van der Waals surface area contributed by atoms with E-state index < -0.39 is 0 Å². The van der Waals surface area contributed by atoms with Crippen molar-refractivity contribution in [2.45, 2.75) is 20.3 Å². The van der Waals surface area contributed by atoms with Gasteiger partial charge in [0.2, 0.25) is 0 Å². The molecule has 0 aliphatic carbocycles. The van der Waals surface area contributed by atoms with Gasteiger partial charge in [-0.1, -0.05) is 13.8 Å². The first-order valence-corrected chi connectivity index (χ1v) is 3.68. The molecule has 0 atom stereocenters. The zero-order valence-corrected chi connectivity index (χ0v) is 6.48. The Labute approximate surface area is 57.8 Å². The third-order valence-electron chi connectivity index (χ3n) is 1.22. The molecule has 56 valence electrons. The summed E-state index contributed by atoms with van der Waals surface area (Å²) in [6.07, 6.45) is 1.25. The Balaban J connectivity index is 2.75. The highest BCUT2D eigenvalue weighted by molar-refractivity contribution is 4.50. The summed E-state index contributed by atoms with van der Waals surface area (Å²) in [5.41, 5.74) is 5.28. The Bertz CT molecular complexity index is 52.9. The summed E-state index contributed by atoms with van der Waals surface area (Å²) in [6.45, 7) is 7.26. The largest absolute Gasteiger partial charge is 0.329 e. The van der Waals surface area contributed by atoms with Crippen LogP contribution in [-0.4, -0.2) is 19.6 Å². The Morgan fingerprint density at radius 3 is 2.44 bits per heavy atom. The second-order valence-corrected chi connectivity index (χ2v) is 2.72. The molecular formula is C7H18N2. The van der Waals surface area contributed by atoms with Crippen molar-refractivity contribution in [3.8, 4) is 0 Å². The minimum atomic E-state index is 0.748. The van der Waals surface area contributed by atoms with Gasteiger partial charge in [-0.2, -0.15) is 0 Å². The monoisotopic (exact) mass is 130 g/mol. The molecule has 0 amide bonds. The van der Waals surface area contributed by atoms with Gasteiger partial charge >= 0.3 is 0 Å². The first-order valence-electron chi connectivity index (χ1n) is 3.68. The summed E-state index contributed by atoms with van der Waals surface area (Å²) < 4.78 is 0. The average Bonchev–Trinajstić information content (AvgIpc) is 1.80. The van der Waals surface area contributed by atoms with E-state index in [0.29, 0.717) is 0 Å². The van der Waals surface area contributed by atoms with Crippen molar-refractivity contribution >= 4 is 0 Å². The lowest BCUT2D eigenvalue weighted by Crippen LogP contribution is -2.24. The van der Waals surface area contributed by atoms with Gasteiger partial charge in [-0.25, -0.2) is 0 Å². The van der Waals surface area contributed by atoms with Crippen LogP contribution in [0.4, 0.5) is 0 Å². The zero-order chi connectivity index (χ0) is 7.11. The topological polar surface area (TPSA) is 38.0 Å². The van der Waals surface area contributed by atoms with Crippen LogP contribution in [0.15, 0.2) is 0 Å². The van der Waals surface area contributed by atoms with Crippen molar-refractivity contribution in [3.63, 3.8) is 0 Å². The predicted molar refractivity (Wildman–Crippen MR) is 41.4 cm³/mol. The van der Waals surface area contributed by atoms with Gasteiger partial charge < -0.3 is 11.1 Å². The predicted octanol–water partition coefficient (Wildman–Crippen LogP) is 0.581. The zero-order valence-electron chi connectivity index (χ0n) is 6.48. The fourth-order valence-corrected chi connectivity index (χ4v) is 0.618. The molecule has 0 radical (unpaired) electrons. The van der Waals surface area contributed by atoms with Crippen molar-refractivity contribution < 1.29 is 0 Å². The van der Waals surface area contributed by atoms with Crippen molar-refractivity contribution in [2.24, 2.45) is 11.7 Å². The molecule has 0 aliphatic heterocycles. The van der Waals surface area contributed by atoms with Gasteiger partial charge in [-0.05, 0) is 18.9 Å². The van der Waals surface area contributed by atoms with Crippen molar-refractivity contribution in [1.82, 2.24) is 5.32 Å². The minimum Gasteiger partial charge on any atom is -0.329 e. The summed E-state index contributed by atoms with van der Waals surface area (Å²) in [7, 11) is 0. The standard InChI is InChI=1S/C7H18N2/c1-7(2)3-5-9-6-4-8/h7,9H,3-6,8H2,1-2H3. The van der Waals surface area contributed by atoms with Gasteiger partial charge in [0.15, 0.2) is 0 Å². The van der Waals surface area contributed by atoms with Crippen LogP contribution in [0.1, 0.15) is 20.3 Å². The van der Waals surface area contributed by atoms with Crippen LogP contribution in [0.3, 0.4) is 0 Å². The third kappa shape index (κ3) is 7.92. The SMILES string of the molecule is CC(C)CCNCCN. The van der Waals surface area contributed by atoms with Gasteiger partial charge in [0, 0.05) is 13.1 Å². The van der Waals surface area contributed by atoms with E-state index in [1.807, 2.05) is 0 Å². The van der Waals surface area contributed by atoms with E-state index in [2.05, 4.69) is 19.2 Å². The van der Waals surface area contributed by atoms with Crippen LogP contribution in [0.5, 0.6) is 0 Å². The molecule has 0 aromatic carbocycles. The third-order valence-corrected chi connectivity index (χ3v) is 1.22. The van der Waals surface area contributed by atoms with E-state index in [-0.39, 0.29) is 0 Å². The summed E-state index contributed by atoms with van der Waals surface area (Å²) in [4.78, 5) is 0. The molecule has 0 saturated carbocycles. The summed E-state index contributed by atoms with van der Waals surface area (Å²) in [5, 5.41) is 3.24. The van der Waals surface area contributed by atoms with Crippen LogP contribution in [0, 0.1) is 5.92 Å². The molecule has 0 unspecified atom stereocenters. The minimum absolute atomic E-state index is 0.748. The normalized spacial score (nSPS) is 10.7. The maximum atomic E-state index is 5.28. The molecule has 2 heteroatoms. The van der Waals surface area contributed by atoms with Crippen molar-refractivity contribution in [1.29, 1.82) is 0 Å². The van der Waals surface area contributed by atoms with Gasteiger partial charge in [0.25, 0.3) is 0 Å². The molecule has 0 bridgehead atoms. The second kappa shape index (κ2) is 6.05.